The summed E-state index contributed by atoms with van der Waals surface area (Å²) in [5, 5.41) is 0. The van der Waals surface area contributed by atoms with Crippen LogP contribution in [0.15, 0.2) is 0 Å². The Kier molecular flexibility index (Phi) is 11.4. The Hall–Kier alpha value is 4.43. The van der Waals surface area contributed by atoms with Gasteiger partial charge in [-0.3, -0.25) is 13.6 Å². The predicted octanol–water partition coefficient (Wildman–Crippen LogP) is 10.00. The summed E-state index contributed by atoms with van der Waals surface area (Å²) in [7, 11) is -4.14. The number of phosphoric ester groups is 1. The number of phosphoric acid groups is 1. The summed E-state index contributed by atoms with van der Waals surface area (Å²) >= 11 is 30.7. The minimum atomic E-state index is -4.14. The molecule has 158 valence electrons. The maximum atomic E-state index is 13.7. The molecule has 0 bridgehead atoms. The van der Waals surface area contributed by atoms with E-state index in [9.17, 15) is 4.57 Å². The summed E-state index contributed by atoms with van der Waals surface area (Å²) in [5.41, 5.74) is -3.14. The van der Waals surface area contributed by atoms with Gasteiger partial charge in [-0.05, 0) is 41.5 Å². The van der Waals surface area contributed by atoms with Gasteiger partial charge < -0.3 is 0 Å². The summed E-state index contributed by atoms with van der Waals surface area (Å²) in [4.78, 5) is 0. The van der Waals surface area contributed by atoms with Gasteiger partial charge in [-0.15, -0.1) is 0 Å². The van der Waals surface area contributed by atoms with Crippen LogP contribution in [-0.4, -0.2) is 23.2 Å². The zero-order valence-corrected chi connectivity index (χ0v) is 29.7. The van der Waals surface area contributed by atoms with Crippen LogP contribution >= 0.6 is 151 Å². The average molecular weight is 976 g/mol. The monoisotopic (exact) mass is 967 g/mol. The van der Waals surface area contributed by atoms with Gasteiger partial charge in [-0.2, -0.15) is 0 Å². The van der Waals surface area contributed by atoms with Crippen molar-refractivity contribution in [2.75, 3.05) is 0 Å². The van der Waals surface area contributed by atoms with Crippen molar-refractivity contribution in [3.63, 3.8) is 0 Å². The fraction of sp³-hybridized carbons (Fsp3) is 1.00. The maximum absolute atomic E-state index is 13.7. The molecule has 0 radical (unpaired) electrons. The van der Waals surface area contributed by atoms with E-state index in [1.165, 1.54) is 0 Å². The van der Waals surface area contributed by atoms with Crippen molar-refractivity contribution in [1.29, 1.82) is 0 Å². The third-order valence-electron chi connectivity index (χ3n) is 3.07. The second-order valence-electron chi connectivity index (χ2n) is 6.75. The van der Waals surface area contributed by atoms with E-state index >= 15 is 0 Å². The smallest absolute Gasteiger partial charge is 0.277 e. The first-order valence-electron chi connectivity index (χ1n) is 6.79. The van der Waals surface area contributed by atoms with Crippen molar-refractivity contribution in [1.82, 2.24) is 0 Å². The molecule has 0 saturated heterocycles. The van der Waals surface area contributed by atoms with Gasteiger partial charge in [0, 0.05) is 0 Å². The van der Waals surface area contributed by atoms with Gasteiger partial charge in [-0.25, -0.2) is 4.57 Å². The van der Waals surface area contributed by atoms with Crippen molar-refractivity contribution in [3.8, 4) is 0 Å². The van der Waals surface area contributed by atoms with Gasteiger partial charge in [0.25, 0.3) is 0 Å². The Morgan fingerprint density at radius 3 is 0.769 bits per heavy atom. The second kappa shape index (κ2) is 9.74. The number of alkyl halides is 9. The van der Waals surface area contributed by atoms with Crippen LogP contribution in [0.1, 0.15) is 41.5 Å². The molecule has 0 fully saturated rings. The fourth-order valence-electron chi connectivity index (χ4n) is 1.05. The first-order valence-corrected chi connectivity index (χ1v) is 15.4. The lowest BCUT2D eigenvalue weighted by atomic mass is 10.2. The summed E-state index contributed by atoms with van der Waals surface area (Å²) in [6.07, 6.45) is 0. The Bertz CT molecular complexity index is 470. The summed E-state index contributed by atoms with van der Waals surface area (Å²) in [5.74, 6) is 0. The van der Waals surface area contributed by atoms with Crippen LogP contribution < -0.4 is 0 Å². The molecule has 14 heteroatoms. The zero-order valence-electron chi connectivity index (χ0n) is 14.5. The quantitative estimate of drug-likeness (QED) is 0.197. The SMILES string of the molecule is CC(C)(OP(=O)(OC(C)(C)C(Br)(Br)Br)OC(C)(C)C(Br)(Br)Br)C(Br)(Br)Br. The lowest BCUT2D eigenvalue weighted by Gasteiger charge is -2.43. The minimum Gasteiger partial charge on any atom is -0.277 e. The van der Waals surface area contributed by atoms with Crippen LogP contribution in [0.4, 0.5) is 0 Å². The zero-order chi connectivity index (χ0) is 21.6. The van der Waals surface area contributed by atoms with Crippen molar-refractivity contribution < 1.29 is 18.1 Å². The molecule has 0 rings (SSSR count). The molecule has 4 nitrogen and oxygen atoms in total. The van der Waals surface area contributed by atoms with E-state index in [1.807, 2.05) is 0 Å². The standard InChI is InChI=1S/C12H18Br9O4P/c1-7(2,10(13,14)15)23-26(22,24-8(3,4)11(16,17)18)25-9(5,6)12(19,20)21/h1-6H3. The Morgan fingerprint density at radius 2 is 0.654 bits per heavy atom. The molecule has 0 unspecified atom stereocenters. The van der Waals surface area contributed by atoms with Gasteiger partial charge in [0.15, 0.2) is 6.43 Å². The predicted molar refractivity (Wildman–Crippen MR) is 142 cm³/mol. The molecule has 0 heterocycles. The van der Waals surface area contributed by atoms with Crippen LogP contribution in [0.2, 0.25) is 0 Å². The molecule has 0 aliphatic carbocycles. The number of hydrogen-bond acceptors (Lipinski definition) is 4. The van der Waals surface area contributed by atoms with Crippen LogP contribution in [0.25, 0.3) is 0 Å². The van der Waals surface area contributed by atoms with Gasteiger partial charge in [0.05, 0.1) is 0 Å². The molecule has 0 aliphatic heterocycles. The molecule has 0 amide bonds. The fourth-order valence-corrected chi connectivity index (χ4v) is 5.10. The minimum absolute atomic E-state index is 0.876. The number of rotatable bonds is 6. The van der Waals surface area contributed by atoms with Crippen LogP contribution in [0.3, 0.4) is 0 Å². The molecular weight excluding hydrogens is 958 g/mol. The molecule has 0 aromatic carbocycles. The van der Waals surface area contributed by atoms with E-state index in [4.69, 9.17) is 13.6 Å². The third-order valence-corrected chi connectivity index (χ3v) is 13.7. The lowest BCUT2D eigenvalue weighted by molar-refractivity contribution is -0.0307. The normalized spacial score (nSPS) is 16.1. The molecule has 0 atom stereocenters. The Balaban J connectivity index is 6.10. The van der Waals surface area contributed by atoms with Crippen LogP contribution in [0, 0.1) is 0 Å². The van der Waals surface area contributed by atoms with Gasteiger partial charge >= 0.3 is 7.82 Å². The first-order chi connectivity index (χ1) is 10.9. The van der Waals surface area contributed by atoms with E-state index in [0.717, 1.165) is 0 Å². The number of halogens is 9. The summed E-state index contributed by atoms with van der Waals surface area (Å²) in [6, 6.07) is 0. The second-order valence-corrected chi connectivity index (χ2v) is 28.5. The van der Waals surface area contributed by atoms with E-state index in [2.05, 4.69) is 143 Å². The molecule has 0 saturated carbocycles. The van der Waals surface area contributed by atoms with Crippen LogP contribution in [-0.2, 0) is 18.1 Å². The molecule has 26 heavy (non-hydrogen) atoms. The molecule has 0 aliphatic rings. The highest BCUT2D eigenvalue weighted by atomic mass is 80.0. The van der Waals surface area contributed by atoms with E-state index < -0.39 is 31.1 Å². The highest BCUT2D eigenvalue weighted by molar-refractivity contribution is 9.40. The third kappa shape index (κ3) is 8.75. The van der Waals surface area contributed by atoms with Crippen molar-refractivity contribution in [3.05, 3.63) is 0 Å². The average Bonchev–Trinajstić information content (AvgIpc) is 2.19. The highest BCUT2D eigenvalue weighted by Gasteiger charge is 2.55. The topological polar surface area (TPSA) is 44.8 Å². The largest absolute Gasteiger partial charge is 0.476 e. The summed E-state index contributed by atoms with van der Waals surface area (Å²) < 4.78 is 28.8. The molecule has 0 aromatic heterocycles. The van der Waals surface area contributed by atoms with Gasteiger partial charge in [0.2, 0.25) is 0 Å². The van der Waals surface area contributed by atoms with Gasteiger partial charge in [-0.1, -0.05) is 143 Å². The summed E-state index contributed by atoms with van der Waals surface area (Å²) in [6.45, 7) is 10.3. The highest BCUT2D eigenvalue weighted by Crippen LogP contribution is 2.66. The van der Waals surface area contributed by atoms with E-state index in [0.29, 0.717) is 0 Å². The van der Waals surface area contributed by atoms with Gasteiger partial charge in [0.1, 0.15) is 16.8 Å². The molecule has 0 aromatic rings. The molecule has 0 spiro atoms. The first kappa shape index (κ1) is 30.4. The molecule has 0 N–H and O–H groups in total. The van der Waals surface area contributed by atoms with Crippen molar-refractivity contribution >= 4 is 151 Å². The number of hydrogen-bond donors (Lipinski definition) is 0. The van der Waals surface area contributed by atoms with Crippen molar-refractivity contribution in [2.45, 2.75) is 64.8 Å². The lowest BCUT2D eigenvalue weighted by Crippen LogP contribution is -2.44. The van der Waals surface area contributed by atoms with Crippen molar-refractivity contribution in [2.24, 2.45) is 0 Å². The van der Waals surface area contributed by atoms with Crippen LogP contribution in [0.5, 0.6) is 0 Å². The molecular formula is C12H18Br9O4P. The van der Waals surface area contributed by atoms with E-state index in [-0.39, 0.29) is 0 Å². The maximum Gasteiger partial charge on any atom is 0.476 e. The Labute approximate surface area is 230 Å². The Morgan fingerprint density at radius 1 is 0.500 bits per heavy atom. The van der Waals surface area contributed by atoms with E-state index in [1.54, 1.807) is 41.5 Å².